The van der Waals surface area contributed by atoms with Gasteiger partial charge in [-0.15, -0.1) is 0 Å². The monoisotopic (exact) mass is 264 g/mol. The first-order valence-corrected chi connectivity index (χ1v) is 6.21. The molecule has 0 radical (unpaired) electrons. The Morgan fingerprint density at radius 2 is 2.00 bits per heavy atom. The topological polar surface area (TPSA) is 92.4 Å². The number of carboxylic acid groups (broad SMARTS) is 1. The van der Waals surface area contributed by atoms with Gasteiger partial charge in [0.1, 0.15) is 0 Å². The van der Waals surface area contributed by atoms with Crippen LogP contribution in [0.2, 0.25) is 0 Å². The number of carbonyl (C=O) groups is 2. The van der Waals surface area contributed by atoms with Crippen LogP contribution in [0.1, 0.15) is 29.8 Å². The lowest BCUT2D eigenvalue weighted by atomic mass is 9.95. The number of amides is 1. The average Bonchev–Trinajstić information content (AvgIpc) is 2.31. The fourth-order valence-corrected chi connectivity index (χ4v) is 1.85. The molecule has 0 spiro atoms. The van der Waals surface area contributed by atoms with Crippen molar-refractivity contribution in [2.75, 3.05) is 11.9 Å². The number of aryl methyl sites for hydroxylation is 1. The molecule has 1 amide bonds. The van der Waals surface area contributed by atoms with Crippen molar-refractivity contribution in [1.82, 2.24) is 0 Å². The predicted octanol–water partition coefficient (Wildman–Crippen LogP) is 1.86. The van der Waals surface area contributed by atoms with Gasteiger partial charge in [0.2, 0.25) is 5.91 Å². The normalized spacial score (nSPS) is 12.3. The SMILES string of the molecule is Cc1ccc(NC(=O)C(CN)C(C)C)c(C(=O)O)c1. The van der Waals surface area contributed by atoms with Crippen LogP contribution in [-0.2, 0) is 4.79 Å². The molecule has 19 heavy (non-hydrogen) atoms. The Labute approximate surface area is 112 Å². The van der Waals surface area contributed by atoms with E-state index in [9.17, 15) is 9.59 Å². The summed E-state index contributed by atoms with van der Waals surface area (Å²) in [5, 5.41) is 11.8. The van der Waals surface area contributed by atoms with Gasteiger partial charge in [0, 0.05) is 6.54 Å². The lowest BCUT2D eigenvalue weighted by Crippen LogP contribution is -2.33. The number of carbonyl (C=O) groups excluding carboxylic acids is 1. The van der Waals surface area contributed by atoms with E-state index in [0.29, 0.717) is 5.69 Å². The number of benzene rings is 1. The van der Waals surface area contributed by atoms with Crippen LogP contribution < -0.4 is 11.1 Å². The minimum Gasteiger partial charge on any atom is -0.478 e. The Kier molecular flexibility index (Phi) is 5.06. The van der Waals surface area contributed by atoms with Crippen LogP contribution in [0.25, 0.3) is 0 Å². The Bertz CT molecular complexity index is 484. The minimum absolute atomic E-state index is 0.0906. The van der Waals surface area contributed by atoms with Gasteiger partial charge in [0.05, 0.1) is 17.2 Å². The van der Waals surface area contributed by atoms with Crippen LogP contribution in [0.5, 0.6) is 0 Å². The van der Waals surface area contributed by atoms with Crippen LogP contribution in [0.3, 0.4) is 0 Å². The number of nitrogens with one attached hydrogen (secondary N) is 1. The maximum Gasteiger partial charge on any atom is 0.337 e. The zero-order valence-electron chi connectivity index (χ0n) is 11.4. The highest BCUT2D eigenvalue weighted by Gasteiger charge is 2.22. The summed E-state index contributed by atoms with van der Waals surface area (Å²) in [5.74, 6) is -1.54. The van der Waals surface area contributed by atoms with Gasteiger partial charge < -0.3 is 16.2 Å². The van der Waals surface area contributed by atoms with Gasteiger partial charge in [0.15, 0.2) is 0 Å². The molecule has 0 fully saturated rings. The molecule has 0 aliphatic heterocycles. The Balaban J connectivity index is 2.99. The van der Waals surface area contributed by atoms with E-state index in [4.69, 9.17) is 10.8 Å². The molecule has 104 valence electrons. The standard InChI is InChI=1S/C14H20N2O3/c1-8(2)11(7-15)13(17)16-12-5-4-9(3)6-10(12)14(18)19/h4-6,8,11H,7,15H2,1-3H3,(H,16,17)(H,18,19). The predicted molar refractivity (Wildman–Crippen MR) is 74.2 cm³/mol. The smallest absolute Gasteiger partial charge is 0.337 e. The maximum atomic E-state index is 12.1. The summed E-state index contributed by atoms with van der Waals surface area (Å²) in [6, 6.07) is 4.89. The summed E-state index contributed by atoms with van der Waals surface area (Å²) in [7, 11) is 0. The van der Waals surface area contributed by atoms with Crippen LogP contribution in [0, 0.1) is 18.8 Å². The van der Waals surface area contributed by atoms with Crippen molar-refractivity contribution in [1.29, 1.82) is 0 Å². The van der Waals surface area contributed by atoms with Gasteiger partial charge in [-0.1, -0.05) is 25.5 Å². The molecule has 0 aliphatic rings. The molecule has 0 bridgehead atoms. The van der Waals surface area contributed by atoms with E-state index in [2.05, 4.69) is 5.32 Å². The Morgan fingerprint density at radius 3 is 2.47 bits per heavy atom. The van der Waals surface area contributed by atoms with E-state index in [-0.39, 0.29) is 29.9 Å². The Hall–Kier alpha value is -1.88. The second-order valence-electron chi connectivity index (χ2n) is 4.93. The molecule has 0 aliphatic carbocycles. The number of rotatable bonds is 5. The molecule has 0 saturated heterocycles. The van der Waals surface area contributed by atoms with Crippen molar-refractivity contribution in [2.45, 2.75) is 20.8 Å². The first kappa shape index (κ1) is 15.2. The third-order valence-corrected chi connectivity index (χ3v) is 3.06. The van der Waals surface area contributed by atoms with E-state index in [0.717, 1.165) is 5.56 Å². The molecular formula is C14H20N2O3. The van der Waals surface area contributed by atoms with E-state index < -0.39 is 5.97 Å². The van der Waals surface area contributed by atoms with E-state index in [1.807, 2.05) is 13.8 Å². The number of nitrogens with two attached hydrogens (primary N) is 1. The van der Waals surface area contributed by atoms with E-state index in [1.54, 1.807) is 19.1 Å². The quantitative estimate of drug-likeness (QED) is 0.756. The molecule has 0 heterocycles. The molecule has 1 aromatic rings. The third-order valence-electron chi connectivity index (χ3n) is 3.06. The van der Waals surface area contributed by atoms with Crippen LogP contribution in [0.15, 0.2) is 18.2 Å². The third kappa shape index (κ3) is 3.79. The van der Waals surface area contributed by atoms with Gasteiger partial charge >= 0.3 is 5.97 Å². The highest BCUT2D eigenvalue weighted by atomic mass is 16.4. The van der Waals surface area contributed by atoms with Crippen molar-refractivity contribution in [3.63, 3.8) is 0 Å². The molecule has 1 aromatic carbocycles. The van der Waals surface area contributed by atoms with Crippen molar-refractivity contribution in [3.05, 3.63) is 29.3 Å². The first-order chi connectivity index (χ1) is 8.86. The average molecular weight is 264 g/mol. The summed E-state index contributed by atoms with van der Waals surface area (Å²) in [6.45, 7) is 5.85. The van der Waals surface area contributed by atoms with Crippen molar-refractivity contribution >= 4 is 17.6 Å². The number of hydrogen-bond acceptors (Lipinski definition) is 3. The van der Waals surface area contributed by atoms with Gasteiger partial charge in [0.25, 0.3) is 0 Å². The highest BCUT2D eigenvalue weighted by Crippen LogP contribution is 2.19. The second-order valence-corrected chi connectivity index (χ2v) is 4.93. The lowest BCUT2D eigenvalue weighted by Gasteiger charge is -2.19. The minimum atomic E-state index is -1.06. The molecule has 4 N–H and O–H groups in total. The molecule has 5 heteroatoms. The van der Waals surface area contributed by atoms with Gasteiger partial charge in [-0.2, -0.15) is 0 Å². The highest BCUT2D eigenvalue weighted by molar-refractivity contribution is 6.01. The second kappa shape index (κ2) is 6.33. The molecule has 5 nitrogen and oxygen atoms in total. The van der Waals surface area contributed by atoms with Crippen molar-refractivity contribution in [3.8, 4) is 0 Å². The molecule has 0 saturated carbocycles. The summed E-state index contributed by atoms with van der Waals surface area (Å²) in [5.41, 5.74) is 6.80. The maximum absolute atomic E-state index is 12.1. The first-order valence-electron chi connectivity index (χ1n) is 6.21. The van der Waals surface area contributed by atoms with Gasteiger partial charge in [-0.3, -0.25) is 4.79 Å². The molecule has 1 rings (SSSR count). The molecular weight excluding hydrogens is 244 g/mol. The van der Waals surface area contributed by atoms with E-state index >= 15 is 0 Å². The fraction of sp³-hybridized carbons (Fsp3) is 0.429. The summed E-state index contributed by atoms with van der Waals surface area (Å²) in [4.78, 5) is 23.2. The number of carboxylic acids is 1. The number of hydrogen-bond donors (Lipinski definition) is 3. The van der Waals surface area contributed by atoms with Crippen LogP contribution >= 0.6 is 0 Å². The summed E-state index contributed by atoms with van der Waals surface area (Å²) in [6.07, 6.45) is 0. The van der Waals surface area contributed by atoms with Crippen molar-refractivity contribution < 1.29 is 14.7 Å². The molecule has 0 aromatic heterocycles. The largest absolute Gasteiger partial charge is 0.478 e. The number of aromatic carboxylic acids is 1. The van der Waals surface area contributed by atoms with Gasteiger partial charge in [-0.25, -0.2) is 4.79 Å². The van der Waals surface area contributed by atoms with E-state index in [1.165, 1.54) is 6.07 Å². The van der Waals surface area contributed by atoms with Crippen LogP contribution in [-0.4, -0.2) is 23.5 Å². The van der Waals surface area contributed by atoms with Crippen molar-refractivity contribution in [2.24, 2.45) is 17.6 Å². The molecule has 1 unspecified atom stereocenters. The Morgan fingerprint density at radius 1 is 1.37 bits per heavy atom. The fourth-order valence-electron chi connectivity index (χ4n) is 1.85. The lowest BCUT2D eigenvalue weighted by molar-refractivity contribution is -0.120. The van der Waals surface area contributed by atoms with Crippen LogP contribution in [0.4, 0.5) is 5.69 Å². The summed E-state index contributed by atoms with van der Waals surface area (Å²) < 4.78 is 0. The van der Waals surface area contributed by atoms with Gasteiger partial charge in [-0.05, 0) is 25.0 Å². The summed E-state index contributed by atoms with van der Waals surface area (Å²) >= 11 is 0. The molecule has 1 atom stereocenters. The zero-order chi connectivity index (χ0) is 14.6. The zero-order valence-corrected chi connectivity index (χ0v) is 11.4. The number of anilines is 1.